The first-order valence-corrected chi connectivity index (χ1v) is 7.35. The maximum atomic E-state index is 12.2. The number of hydrogen-bond acceptors (Lipinski definition) is 4. The van der Waals surface area contributed by atoms with Crippen molar-refractivity contribution in [3.05, 3.63) is 51.5 Å². The highest BCUT2D eigenvalue weighted by Crippen LogP contribution is 2.15. The summed E-state index contributed by atoms with van der Waals surface area (Å²) in [5.41, 5.74) is 3.39. The molecule has 6 heteroatoms. The monoisotopic (exact) mass is 304 g/mol. The van der Waals surface area contributed by atoms with Crippen molar-refractivity contribution in [2.75, 3.05) is 13.6 Å². The van der Waals surface area contributed by atoms with Gasteiger partial charge in [0, 0.05) is 13.6 Å². The summed E-state index contributed by atoms with van der Waals surface area (Å²) in [6.07, 6.45) is 0.503. The van der Waals surface area contributed by atoms with Crippen molar-refractivity contribution in [1.29, 1.82) is 0 Å². The van der Waals surface area contributed by atoms with Crippen LogP contribution < -0.4 is 0 Å². The molecule has 110 valence electrons. The fourth-order valence-corrected chi connectivity index (χ4v) is 2.81. The number of aromatic nitrogens is 1. The number of amides is 1. The van der Waals surface area contributed by atoms with Crippen LogP contribution in [0.25, 0.3) is 0 Å². The van der Waals surface area contributed by atoms with Gasteiger partial charge in [0.2, 0.25) is 0 Å². The maximum absolute atomic E-state index is 12.2. The Hall–Kier alpha value is -2.21. The van der Waals surface area contributed by atoms with Gasteiger partial charge in [-0.15, -0.1) is 11.3 Å². The minimum Gasteiger partial charge on any atom is -0.478 e. The summed E-state index contributed by atoms with van der Waals surface area (Å²) in [4.78, 5) is 29.7. The Morgan fingerprint density at radius 2 is 2.05 bits per heavy atom. The van der Waals surface area contributed by atoms with E-state index in [0.29, 0.717) is 17.8 Å². The highest BCUT2D eigenvalue weighted by molar-refractivity contribution is 7.11. The molecule has 0 spiro atoms. The quantitative estimate of drug-likeness (QED) is 0.921. The zero-order chi connectivity index (χ0) is 15.4. The number of nitrogens with zero attached hydrogens (tertiary/aromatic N) is 2. The number of hydrogen-bond donors (Lipinski definition) is 1. The molecule has 1 heterocycles. The zero-order valence-corrected chi connectivity index (χ0v) is 12.7. The second-order valence-electron chi connectivity index (χ2n) is 4.71. The van der Waals surface area contributed by atoms with Gasteiger partial charge in [0.1, 0.15) is 4.88 Å². The summed E-state index contributed by atoms with van der Waals surface area (Å²) in [6.45, 7) is 2.26. The van der Waals surface area contributed by atoms with Gasteiger partial charge in [0.15, 0.2) is 0 Å². The van der Waals surface area contributed by atoms with Crippen LogP contribution in [0.5, 0.6) is 0 Å². The van der Waals surface area contributed by atoms with E-state index >= 15 is 0 Å². The number of aromatic carboxylic acids is 1. The van der Waals surface area contributed by atoms with E-state index in [4.69, 9.17) is 5.11 Å². The Labute approximate surface area is 126 Å². The summed E-state index contributed by atoms with van der Waals surface area (Å²) < 4.78 is 0. The van der Waals surface area contributed by atoms with Crippen LogP contribution >= 0.6 is 11.3 Å². The molecule has 1 N–H and O–H groups in total. The lowest BCUT2D eigenvalue weighted by atomic mass is 10.0. The molecule has 5 nitrogen and oxygen atoms in total. The van der Waals surface area contributed by atoms with E-state index in [1.807, 2.05) is 0 Å². The molecule has 0 fully saturated rings. The van der Waals surface area contributed by atoms with Crippen LogP contribution in [0, 0.1) is 6.92 Å². The second-order valence-corrected chi connectivity index (χ2v) is 5.56. The average Bonchev–Trinajstić information content (AvgIpc) is 2.90. The number of benzene rings is 1. The Morgan fingerprint density at radius 3 is 2.67 bits per heavy atom. The van der Waals surface area contributed by atoms with Crippen LogP contribution in [0.4, 0.5) is 0 Å². The maximum Gasteiger partial charge on any atom is 0.335 e. The van der Waals surface area contributed by atoms with E-state index in [2.05, 4.69) is 4.98 Å². The summed E-state index contributed by atoms with van der Waals surface area (Å²) in [7, 11) is 1.71. The Bertz CT molecular complexity index is 666. The topological polar surface area (TPSA) is 70.5 Å². The van der Waals surface area contributed by atoms with Crippen molar-refractivity contribution < 1.29 is 14.7 Å². The van der Waals surface area contributed by atoms with E-state index in [0.717, 1.165) is 11.3 Å². The molecule has 0 unspecified atom stereocenters. The third kappa shape index (κ3) is 3.46. The molecule has 0 atom stereocenters. The highest BCUT2D eigenvalue weighted by atomic mass is 32.1. The number of carboxylic acids is 1. The minimum atomic E-state index is -0.946. The van der Waals surface area contributed by atoms with Crippen LogP contribution in [0.15, 0.2) is 29.8 Å². The van der Waals surface area contributed by atoms with Crippen molar-refractivity contribution in [3.63, 3.8) is 0 Å². The normalized spacial score (nSPS) is 10.4. The predicted octanol–water partition coefficient (Wildman–Crippen LogP) is 2.46. The molecule has 0 aliphatic heterocycles. The standard InChI is InChI=1S/C15H16N2O3S/c1-10-13(21-9-16-10)14(18)17(2)8-7-11-5-3-4-6-12(11)15(19)20/h3-6,9H,7-8H2,1-2H3,(H,19,20). The molecule has 0 bridgehead atoms. The largest absolute Gasteiger partial charge is 0.478 e. The van der Waals surface area contributed by atoms with Gasteiger partial charge in [-0.3, -0.25) is 4.79 Å². The number of likely N-dealkylation sites (N-methyl/N-ethyl adjacent to an activating group) is 1. The van der Waals surface area contributed by atoms with Crippen molar-refractivity contribution in [2.45, 2.75) is 13.3 Å². The van der Waals surface area contributed by atoms with Crippen LogP contribution in [-0.4, -0.2) is 40.5 Å². The van der Waals surface area contributed by atoms with Crippen LogP contribution in [0.3, 0.4) is 0 Å². The van der Waals surface area contributed by atoms with Crippen molar-refractivity contribution in [1.82, 2.24) is 9.88 Å². The molecule has 0 aliphatic rings. The van der Waals surface area contributed by atoms with Crippen molar-refractivity contribution in [2.24, 2.45) is 0 Å². The van der Waals surface area contributed by atoms with E-state index in [-0.39, 0.29) is 11.5 Å². The molecule has 1 amide bonds. The molecule has 0 saturated heterocycles. The molecule has 2 aromatic rings. The number of rotatable bonds is 5. The first-order valence-electron chi connectivity index (χ1n) is 6.47. The molecule has 1 aromatic carbocycles. The second kappa shape index (κ2) is 6.49. The third-order valence-electron chi connectivity index (χ3n) is 3.25. The molecule has 0 aliphatic carbocycles. The minimum absolute atomic E-state index is 0.0807. The summed E-state index contributed by atoms with van der Waals surface area (Å²) in [5.74, 6) is -1.03. The number of thiazole rings is 1. The Morgan fingerprint density at radius 1 is 1.33 bits per heavy atom. The fraction of sp³-hybridized carbons (Fsp3) is 0.267. The predicted molar refractivity (Wildman–Crippen MR) is 80.9 cm³/mol. The van der Waals surface area contributed by atoms with E-state index in [9.17, 15) is 9.59 Å². The molecular formula is C15H16N2O3S. The van der Waals surface area contributed by atoms with E-state index in [1.165, 1.54) is 11.3 Å². The summed E-state index contributed by atoms with van der Waals surface area (Å²) in [5, 5.41) is 9.14. The molecule has 1 aromatic heterocycles. The zero-order valence-electron chi connectivity index (χ0n) is 11.9. The van der Waals surface area contributed by atoms with Crippen molar-refractivity contribution >= 4 is 23.2 Å². The molecule has 0 radical (unpaired) electrons. The molecule has 0 saturated carbocycles. The van der Waals surface area contributed by atoms with Gasteiger partial charge in [0.05, 0.1) is 16.8 Å². The van der Waals surface area contributed by atoms with Gasteiger partial charge < -0.3 is 10.0 Å². The first kappa shape index (κ1) is 15.2. The number of carbonyl (C=O) groups excluding carboxylic acids is 1. The lowest BCUT2D eigenvalue weighted by Crippen LogP contribution is -2.29. The Kier molecular flexibility index (Phi) is 4.70. The van der Waals surface area contributed by atoms with Gasteiger partial charge in [-0.2, -0.15) is 0 Å². The summed E-state index contributed by atoms with van der Waals surface area (Å²) in [6, 6.07) is 6.85. The lowest BCUT2D eigenvalue weighted by molar-refractivity contribution is 0.0695. The number of aryl methyl sites for hydroxylation is 1. The smallest absolute Gasteiger partial charge is 0.335 e. The molecule has 2 rings (SSSR count). The summed E-state index contributed by atoms with van der Waals surface area (Å²) >= 11 is 1.32. The Balaban J connectivity index is 2.05. The number of carboxylic acid groups (broad SMARTS) is 1. The fourth-order valence-electron chi connectivity index (χ4n) is 2.02. The van der Waals surface area contributed by atoms with Crippen LogP contribution in [-0.2, 0) is 6.42 Å². The van der Waals surface area contributed by atoms with Gasteiger partial charge in [-0.05, 0) is 25.0 Å². The van der Waals surface area contributed by atoms with E-state index < -0.39 is 5.97 Å². The van der Waals surface area contributed by atoms with Gasteiger partial charge in [-0.1, -0.05) is 18.2 Å². The average molecular weight is 304 g/mol. The van der Waals surface area contributed by atoms with Crippen LogP contribution in [0.1, 0.15) is 31.3 Å². The first-order chi connectivity index (χ1) is 10.0. The molecule has 21 heavy (non-hydrogen) atoms. The molecular weight excluding hydrogens is 288 g/mol. The SMILES string of the molecule is Cc1ncsc1C(=O)N(C)CCc1ccccc1C(=O)O. The van der Waals surface area contributed by atoms with Crippen LogP contribution in [0.2, 0.25) is 0 Å². The van der Waals surface area contributed by atoms with Gasteiger partial charge in [0.25, 0.3) is 5.91 Å². The highest BCUT2D eigenvalue weighted by Gasteiger charge is 2.17. The van der Waals surface area contributed by atoms with Gasteiger partial charge in [-0.25, -0.2) is 9.78 Å². The van der Waals surface area contributed by atoms with Gasteiger partial charge >= 0.3 is 5.97 Å². The van der Waals surface area contributed by atoms with Crippen molar-refractivity contribution in [3.8, 4) is 0 Å². The lowest BCUT2D eigenvalue weighted by Gasteiger charge is -2.17. The number of carbonyl (C=O) groups is 2. The van der Waals surface area contributed by atoms with E-state index in [1.54, 1.807) is 48.6 Å². The third-order valence-corrected chi connectivity index (χ3v) is 4.17.